The van der Waals surface area contributed by atoms with Gasteiger partial charge in [0, 0.05) is 50.5 Å². The van der Waals surface area contributed by atoms with Gasteiger partial charge in [-0.1, -0.05) is 6.07 Å². The lowest BCUT2D eigenvalue weighted by atomic mass is 9.60. The van der Waals surface area contributed by atoms with Gasteiger partial charge in [0.15, 0.2) is 0 Å². The van der Waals surface area contributed by atoms with E-state index in [1.54, 1.807) is 0 Å². The number of rotatable bonds is 5. The molecule has 0 bridgehead atoms. The van der Waals surface area contributed by atoms with Crippen LogP contribution in [0, 0.1) is 17.8 Å². The molecule has 0 aromatic carbocycles. The van der Waals surface area contributed by atoms with Gasteiger partial charge in [-0.2, -0.15) is 26.3 Å². The Morgan fingerprint density at radius 3 is 1.96 bits per heavy atom. The van der Waals surface area contributed by atoms with Crippen molar-refractivity contribution in [3.05, 3.63) is 53.7 Å². The predicted molar refractivity (Wildman–Crippen MR) is 147 cm³/mol. The van der Waals surface area contributed by atoms with E-state index in [1.807, 2.05) is 31.5 Å². The zero-order chi connectivity index (χ0) is 33.6. The summed E-state index contributed by atoms with van der Waals surface area (Å²) in [4.78, 5) is 42.9. The summed E-state index contributed by atoms with van der Waals surface area (Å²) in [5, 5.41) is 14.2. The first-order valence-corrected chi connectivity index (χ1v) is 14.2. The molecule has 0 aliphatic carbocycles. The summed E-state index contributed by atoms with van der Waals surface area (Å²) in [7, 11) is 0. The monoisotopic (exact) mass is 650 g/mol. The second kappa shape index (κ2) is 14.2. The van der Waals surface area contributed by atoms with Crippen LogP contribution in [0.1, 0.15) is 43.3 Å². The molecule has 250 valence electrons. The number of aromatic nitrogens is 1. The molecular formula is C29H36F6N4O6. The number of hydrogen-bond acceptors (Lipinski definition) is 7. The Morgan fingerprint density at radius 2 is 1.51 bits per heavy atom. The lowest BCUT2D eigenvalue weighted by Gasteiger charge is -2.47. The lowest BCUT2D eigenvalue weighted by molar-refractivity contribution is -0.193. The van der Waals surface area contributed by atoms with E-state index < -0.39 is 24.3 Å². The van der Waals surface area contributed by atoms with Gasteiger partial charge in [-0.25, -0.2) is 9.59 Å². The zero-order valence-corrected chi connectivity index (χ0v) is 24.8. The molecule has 1 atom stereocenters. The van der Waals surface area contributed by atoms with Crippen LogP contribution >= 0.6 is 0 Å². The average molecular weight is 651 g/mol. The molecule has 3 aliphatic rings. The molecule has 5 heterocycles. The molecule has 3 aliphatic heterocycles. The van der Waals surface area contributed by atoms with Crippen molar-refractivity contribution in [2.75, 3.05) is 39.3 Å². The third-order valence-corrected chi connectivity index (χ3v) is 8.52. The Hall–Kier alpha value is -3.66. The predicted octanol–water partition coefficient (Wildman–Crippen LogP) is 4.59. The van der Waals surface area contributed by atoms with Crippen molar-refractivity contribution < 1.29 is 55.4 Å². The number of carbonyl (C=O) groups is 3. The highest BCUT2D eigenvalue weighted by atomic mass is 19.4. The van der Waals surface area contributed by atoms with Crippen LogP contribution in [0.25, 0.3) is 0 Å². The van der Waals surface area contributed by atoms with Crippen molar-refractivity contribution in [3.63, 3.8) is 0 Å². The Morgan fingerprint density at radius 1 is 0.911 bits per heavy atom. The van der Waals surface area contributed by atoms with Crippen LogP contribution < -0.4 is 0 Å². The van der Waals surface area contributed by atoms with Crippen LogP contribution in [-0.4, -0.2) is 99.4 Å². The highest BCUT2D eigenvalue weighted by molar-refractivity contribution is 5.86. The summed E-state index contributed by atoms with van der Waals surface area (Å²) in [5.74, 6) is -3.10. The van der Waals surface area contributed by atoms with Crippen LogP contribution in [0.5, 0.6) is 0 Å². The second-order valence-corrected chi connectivity index (χ2v) is 11.4. The molecule has 2 spiro atoms. The maximum atomic E-state index is 13.7. The summed E-state index contributed by atoms with van der Waals surface area (Å²) >= 11 is 0. The first-order valence-electron chi connectivity index (χ1n) is 14.2. The van der Waals surface area contributed by atoms with Gasteiger partial charge < -0.3 is 19.5 Å². The summed E-state index contributed by atoms with van der Waals surface area (Å²) in [6, 6.07) is 8.28. The van der Waals surface area contributed by atoms with Crippen molar-refractivity contribution in [2.24, 2.45) is 10.8 Å². The summed E-state index contributed by atoms with van der Waals surface area (Å²) < 4.78 is 69.3. The largest absolute Gasteiger partial charge is 0.490 e. The third-order valence-electron chi connectivity index (χ3n) is 8.52. The number of aliphatic carboxylic acids is 2. The molecule has 2 N–H and O–H groups in total. The van der Waals surface area contributed by atoms with E-state index in [2.05, 4.69) is 38.7 Å². The number of halogens is 6. The summed E-state index contributed by atoms with van der Waals surface area (Å²) in [5.41, 5.74) is 1.09. The number of aryl methyl sites for hydroxylation is 1. The molecule has 3 saturated heterocycles. The molecule has 16 heteroatoms. The van der Waals surface area contributed by atoms with Gasteiger partial charge in [-0.05, 0) is 70.0 Å². The van der Waals surface area contributed by atoms with Crippen LogP contribution in [-0.2, 0) is 27.5 Å². The molecule has 1 amide bonds. The fourth-order valence-corrected chi connectivity index (χ4v) is 6.39. The number of piperidine rings is 1. The van der Waals surface area contributed by atoms with Crippen molar-refractivity contribution in [1.82, 2.24) is 19.7 Å². The van der Waals surface area contributed by atoms with Gasteiger partial charge in [-0.15, -0.1) is 0 Å². The highest BCUT2D eigenvalue weighted by Crippen LogP contribution is 2.58. The number of pyridine rings is 1. The number of hydrogen-bond donors (Lipinski definition) is 2. The standard InChI is InChI=1S/C25H34N4O2.2C2HF3O2/c1-3-29-14-10-25(23(29)30)19-28(16-21-5-4-11-26-15-21)18-24(25)8-12-27(13-9-24)17-22-7-6-20(2)31-22;2*3-2(4,5)1(6)7/h4-7,11,15H,3,8-10,12-14,16-19H2,1-2H3;2*(H,6,7). The maximum absolute atomic E-state index is 13.7. The first-order chi connectivity index (χ1) is 20.9. The van der Waals surface area contributed by atoms with Gasteiger partial charge in [0.1, 0.15) is 11.5 Å². The van der Waals surface area contributed by atoms with Crippen molar-refractivity contribution in [1.29, 1.82) is 0 Å². The van der Waals surface area contributed by atoms with E-state index in [0.29, 0.717) is 5.91 Å². The molecular weight excluding hydrogens is 614 g/mol. The average Bonchev–Trinajstić information content (AvgIpc) is 3.61. The molecule has 3 fully saturated rings. The number of furan rings is 1. The zero-order valence-electron chi connectivity index (χ0n) is 24.8. The van der Waals surface area contributed by atoms with Crippen LogP contribution in [0.15, 0.2) is 41.1 Å². The molecule has 0 saturated carbocycles. The number of amides is 1. The van der Waals surface area contributed by atoms with Gasteiger partial charge in [0.25, 0.3) is 0 Å². The number of fused-ring (bicyclic) bond motifs is 1. The molecule has 0 radical (unpaired) electrons. The minimum absolute atomic E-state index is 0.0752. The molecule has 10 nitrogen and oxygen atoms in total. The van der Waals surface area contributed by atoms with Crippen molar-refractivity contribution in [3.8, 4) is 0 Å². The van der Waals surface area contributed by atoms with Crippen LogP contribution in [0.3, 0.4) is 0 Å². The lowest BCUT2D eigenvalue weighted by Crippen LogP contribution is -2.52. The molecule has 2 aromatic rings. The number of alkyl halides is 6. The SMILES string of the molecule is CCN1CCC2(CN(Cc3cccnc3)CC23CCN(Cc2ccc(C)o2)CC3)C1=O.O=C(O)C(F)(F)F.O=C(O)C(F)(F)F. The van der Waals surface area contributed by atoms with E-state index >= 15 is 0 Å². The molecule has 1 unspecified atom stereocenters. The van der Waals surface area contributed by atoms with E-state index in [0.717, 1.165) is 83.1 Å². The normalized spacial score (nSPS) is 21.8. The van der Waals surface area contributed by atoms with Gasteiger partial charge >= 0.3 is 24.3 Å². The van der Waals surface area contributed by atoms with Crippen LogP contribution in [0.2, 0.25) is 0 Å². The van der Waals surface area contributed by atoms with E-state index in [4.69, 9.17) is 24.2 Å². The smallest absolute Gasteiger partial charge is 0.475 e. The minimum Gasteiger partial charge on any atom is -0.475 e. The van der Waals surface area contributed by atoms with E-state index in [1.165, 1.54) is 5.56 Å². The quantitative estimate of drug-likeness (QED) is 0.447. The molecule has 45 heavy (non-hydrogen) atoms. The Kier molecular flexibility index (Phi) is 11.3. The highest BCUT2D eigenvalue weighted by Gasteiger charge is 2.64. The van der Waals surface area contributed by atoms with Crippen molar-refractivity contribution >= 4 is 17.8 Å². The van der Waals surface area contributed by atoms with Crippen LogP contribution in [0.4, 0.5) is 26.3 Å². The summed E-state index contributed by atoms with van der Waals surface area (Å²) in [6.07, 6.45) is -3.22. The Balaban J connectivity index is 0.000000331. The molecule has 2 aromatic heterocycles. The number of nitrogens with zero attached hydrogens (tertiary/aromatic N) is 4. The Bertz CT molecular complexity index is 1290. The fourth-order valence-electron chi connectivity index (χ4n) is 6.39. The van der Waals surface area contributed by atoms with E-state index in [-0.39, 0.29) is 10.8 Å². The van der Waals surface area contributed by atoms with Crippen molar-refractivity contribution in [2.45, 2.75) is 58.6 Å². The number of likely N-dealkylation sites (tertiary alicyclic amines) is 3. The molecule has 5 rings (SSSR count). The van der Waals surface area contributed by atoms with Gasteiger partial charge in [0.2, 0.25) is 5.91 Å². The number of carbonyl (C=O) groups excluding carboxylic acids is 1. The van der Waals surface area contributed by atoms with Gasteiger partial charge in [-0.3, -0.25) is 19.6 Å². The second-order valence-electron chi connectivity index (χ2n) is 11.4. The third kappa shape index (κ3) is 8.75. The minimum atomic E-state index is -5.08. The number of carboxylic acid groups (broad SMARTS) is 2. The topological polar surface area (TPSA) is 127 Å². The fraction of sp³-hybridized carbons (Fsp3) is 0.586. The van der Waals surface area contributed by atoms with E-state index in [9.17, 15) is 31.1 Å². The first kappa shape index (κ1) is 35.8. The maximum Gasteiger partial charge on any atom is 0.490 e. The van der Waals surface area contributed by atoms with Gasteiger partial charge in [0.05, 0.1) is 12.0 Å². The Labute approximate surface area is 255 Å². The summed E-state index contributed by atoms with van der Waals surface area (Å²) in [6.45, 7) is 11.5. The number of carboxylic acids is 2.